The van der Waals surface area contributed by atoms with Crippen LogP contribution in [-0.2, 0) is 26.2 Å². The molecular weight excluding hydrogens is 865 g/mol. The monoisotopic (exact) mass is 920 g/mol. The van der Waals surface area contributed by atoms with Crippen molar-refractivity contribution < 1.29 is 42.8 Å². The van der Waals surface area contributed by atoms with Gasteiger partial charge in [0, 0.05) is 65.3 Å². The summed E-state index contributed by atoms with van der Waals surface area (Å²) in [5.74, 6) is 0.386. The largest absolute Gasteiger partial charge is 0.496 e. The number of hydrogen-bond donors (Lipinski definition) is 2. The Morgan fingerprint density at radius 1 is 0.603 bits per heavy atom. The molecular formula is C53H56N6O9. The highest BCUT2D eigenvalue weighted by Crippen LogP contribution is 2.39. The Bertz CT molecular complexity index is 2980. The molecule has 68 heavy (non-hydrogen) atoms. The van der Waals surface area contributed by atoms with E-state index in [1.807, 2.05) is 42.7 Å². The SMILES string of the molecule is COc1c(CN2CCC(c3cn(Cc4ccoc4)c4ncccc34)CC2)cccc1C(=O)O.COc1ccc(C(=O)O)c(OC)c1CN1CCC(c2cn(Cc3ccoc3)c3ncccc23)CC1. The number of likely N-dealkylation sites (tertiary alicyclic amines) is 2. The average molecular weight is 921 g/mol. The maximum Gasteiger partial charge on any atom is 0.339 e. The number of pyridine rings is 2. The first kappa shape index (κ1) is 45.8. The molecule has 15 nitrogen and oxygen atoms in total. The van der Waals surface area contributed by atoms with Gasteiger partial charge in [-0.3, -0.25) is 9.80 Å². The Balaban J connectivity index is 0.000000170. The number of aromatic carboxylic acids is 2. The van der Waals surface area contributed by atoms with E-state index >= 15 is 0 Å². The molecule has 0 saturated carbocycles. The molecule has 0 radical (unpaired) electrons. The van der Waals surface area contributed by atoms with Crippen LogP contribution in [0.5, 0.6) is 17.2 Å². The van der Waals surface area contributed by atoms with Gasteiger partial charge in [0.2, 0.25) is 0 Å². The number of furan rings is 2. The number of fused-ring (bicyclic) bond motifs is 2. The highest BCUT2D eigenvalue weighted by molar-refractivity contribution is 5.92. The van der Waals surface area contributed by atoms with E-state index in [2.05, 4.69) is 53.4 Å². The predicted octanol–water partition coefficient (Wildman–Crippen LogP) is 9.54. The van der Waals surface area contributed by atoms with Crippen molar-refractivity contribution in [2.75, 3.05) is 47.5 Å². The highest BCUT2D eigenvalue weighted by atomic mass is 16.5. The van der Waals surface area contributed by atoms with Crippen LogP contribution in [-0.4, -0.2) is 98.6 Å². The molecule has 352 valence electrons. The lowest BCUT2D eigenvalue weighted by Gasteiger charge is -2.32. The third-order valence-electron chi connectivity index (χ3n) is 13.4. The van der Waals surface area contributed by atoms with Crippen LogP contribution in [0.4, 0.5) is 0 Å². The number of aromatic nitrogens is 4. The Labute approximate surface area is 394 Å². The van der Waals surface area contributed by atoms with Gasteiger partial charge in [0.05, 0.1) is 65.0 Å². The number of methoxy groups -OCH3 is 3. The number of rotatable bonds is 15. The Morgan fingerprint density at radius 2 is 1.12 bits per heavy atom. The van der Waals surface area contributed by atoms with E-state index in [9.17, 15) is 19.8 Å². The normalized spacial score (nSPS) is 15.0. The second-order valence-electron chi connectivity index (χ2n) is 17.5. The third kappa shape index (κ3) is 9.71. The lowest BCUT2D eigenvalue weighted by molar-refractivity contribution is 0.0681. The number of carboxylic acid groups (broad SMARTS) is 2. The number of hydrogen-bond acceptors (Lipinski definition) is 11. The van der Waals surface area contributed by atoms with E-state index in [4.69, 9.17) is 23.0 Å². The van der Waals surface area contributed by atoms with E-state index in [-0.39, 0.29) is 11.1 Å². The first-order valence-corrected chi connectivity index (χ1v) is 22.9. The molecule has 6 aromatic heterocycles. The zero-order valence-electron chi connectivity index (χ0n) is 38.5. The minimum absolute atomic E-state index is 0.149. The van der Waals surface area contributed by atoms with Crippen molar-refractivity contribution in [1.82, 2.24) is 28.9 Å². The van der Waals surface area contributed by atoms with Gasteiger partial charge in [-0.1, -0.05) is 12.1 Å². The highest BCUT2D eigenvalue weighted by Gasteiger charge is 2.28. The summed E-state index contributed by atoms with van der Waals surface area (Å²) in [6.07, 6.45) is 19.2. The van der Waals surface area contributed by atoms with Crippen LogP contribution in [0.1, 0.15) is 91.6 Å². The predicted molar refractivity (Wildman–Crippen MR) is 256 cm³/mol. The van der Waals surface area contributed by atoms with Crippen molar-refractivity contribution in [3.05, 3.63) is 161 Å². The Kier molecular flexibility index (Phi) is 13.9. The molecule has 0 bridgehead atoms. The Hall–Kier alpha value is -7.36. The maximum atomic E-state index is 11.7. The van der Waals surface area contributed by atoms with Gasteiger partial charge in [-0.2, -0.15) is 0 Å². The van der Waals surface area contributed by atoms with E-state index < -0.39 is 11.9 Å². The standard InChI is InChI=1S/C27H29N3O5.C26H27N3O4/c1-33-24-6-5-21(27(31)32)25(34-2)23(24)15-29-11-7-19(8-12-29)22-16-30(14-18-9-13-35-17-18)26-20(22)4-3-10-28-26;1-32-24-20(4-2-5-22(24)26(30)31)15-28-11-7-19(8-12-28)23-16-29(14-18-9-13-33-17-18)25-21(23)6-3-10-27-25/h3-6,9-10,13,16-17,19H,7-8,11-12,14-15H2,1-2H3,(H,31,32);2-6,9-10,13,16-17,19H,7-8,11-12,14-15H2,1H3,(H,30,31). The van der Waals surface area contributed by atoms with Crippen LogP contribution in [0.25, 0.3) is 22.1 Å². The van der Waals surface area contributed by atoms with Crippen LogP contribution >= 0.6 is 0 Å². The number of nitrogens with zero attached hydrogens (tertiary/aromatic N) is 6. The molecule has 8 aromatic rings. The zero-order chi connectivity index (χ0) is 47.1. The molecule has 2 aromatic carbocycles. The third-order valence-corrected chi connectivity index (χ3v) is 13.4. The molecule has 2 aliphatic rings. The lowest BCUT2D eigenvalue weighted by atomic mass is 9.89. The van der Waals surface area contributed by atoms with Gasteiger partial charge >= 0.3 is 11.9 Å². The van der Waals surface area contributed by atoms with Crippen molar-refractivity contribution in [2.45, 2.75) is 63.7 Å². The number of carbonyl (C=O) groups is 2. The molecule has 2 N–H and O–H groups in total. The van der Waals surface area contributed by atoms with E-state index in [0.29, 0.717) is 42.2 Å². The zero-order valence-corrected chi connectivity index (χ0v) is 38.5. The number of piperidine rings is 2. The summed E-state index contributed by atoms with van der Waals surface area (Å²) >= 11 is 0. The van der Waals surface area contributed by atoms with Crippen LogP contribution in [0.15, 0.2) is 125 Å². The summed E-state index contributed by atoms with van der Waals surface area (Å²) in [4.78, 5) is 37.2. The number of para-hydroxylation sites is 1. The molecule has 0 atom stereocenters. The molecule has 15 heteroatoms. The fourth-order valence-corrected chi connectivity index (χ4v) is 10.1. The number of ether oxygens (including phenoxy) is 3. The fourth-order valence-electron chi connectivity index (χ4n) is 10.1. The van der Waals surface area contributed by atoms with E-state index in [1.54, 1.807) is 50.4 Å². The summed E-state index contributed by atoms with van der Waals surface area (Å²) in [6.45, 7) is 6.39. The minimum atomic E-state index is -1.01. The van der Waals surface area contributed by atoms with E-state index in [0.717, 1.165) is 98.5 Å². The second-order valence-corrected chi connectivity index (χ2v) is 17.5. The first-order valence-electron chi connectivity index (χ1n) is 22.9. The average Bonchev–Trinajstić information content (AvgIpc) is 4.21. The Morgan fingerprint density at radius 3 is 1.59 bits per heavy atom. The smallest absolute Gasteiger partial charge is 0.339 e. The fraction of sp³-hybridized carbons (Fsp3) is 0.321. The summed E-state index contributed by atoms with van der Waals surface area (Å²) < 4.78 is 31.4. The summed E-state index contributed by atoms with van der Waals surface area (Å²) in [5.41, 5.74) is 8.96. The quantitative estimate of drug-likeness (QED) is 0.0998. The number of benzene rings is 2. The van der Waals surface area contributed by atoms with Gasteiger partial charge in [-0.15, -0.1) is 0 Å². The summed E-state index contributed by atoms with van der Waals surface area (Å²) in [5, 5.41) is 21.4. The number of carboxylic acids is 2. The van der Waals surface area contributed by atoms with Crippen molar-refractivity contribution in [3.63, 3.8) is 0 Å². The molecule has 2 fully saturated rings. The van der Waals surface area contributed by atoms with Gasteiger partial charge in [0.15, 0.2) is 0 Å². The molecule has 0 unspecified atom stereocenters. The molecule has 10 rings (SSSR count). The van der Waals surface area contributed by atoms with Crippen molar-refractivity contribution in [2.24, 2.45) is 0 Å². The first-order chi connectivity index (χ1) is 33.2. The van der Waals surface area contributed by atoms with Gasteiger partial charge in [0.25, 0.3) is 0 Å². The van der Waals surface area contributed by atoms with Gasteiger partial charge in [0.1, 0.15) is 39.7 Å². The molecule has 8 heterocycles. The molecule has 0 aliphatic carbocycles. The van der Waals surface area contributed by atoms with Gasteiger partial charge in [-0.25, -0.2) is 19.6 Å². The summed E-state index contributed by atoms with van der Waals surface area (Å²) in [6, 6.07) is 20.9. The molecule has 0 amide bonds. The van der Waals surface area contributed by atoms with Crippen molar-refractivity contribution in [1.29, 1.82) is 0 Å². The molecule has 0 spiro atoms. The topological polar surface area (TPSA) is 171 Å². The van der Waals surface area contributed by atoms with Crippen LogP contribution in [0.2, 0.25) is 0 Å². The lowest BCUT2D eigenvalue weighted by Crippen LogP contribution is -2.32. The van der Waals surface area contributed by atoms with Crippen molar-refractivity contribution in [3.8, 4) is 17.2 Å². The summed E-state index contributed by atoms with van der Waals surface area (Å²) in [7, 11) is 4.63. The second kappa shape index (κ2) is 20.7. The van der Waals surface area contributed by atoms with Crippen LogP contribution in [0, 0.1) is 0 Å². The molecule has 2 aliphatic heterocycles. The van der Waals surface area contributed by atoms with Gasteiger partial charge in [-0.05, 0) is 129 Å². The maximum absolute atomic E-state index is 11.7. The van der Waals surface area contributed by atoms with Crippen molar-refractivity contribution >= 4 is 34.0 Å². The molecule has 2 saturated heterocycles. The van der Waals surface area contributed by atoms with E-state index in [1.165, 1.54) is 42.2 Å². The van der Waals surface area contributed by atoms with Crippen LogP contribution < -0.4 is 14.2 Å². The minimum Gasteiger partial charge on any atom is -0.496 e. The van der Waals surface area contributed by atoms with Crippen LogP contribution in [0.3, 0.4) is 0 Å². The van der Waals surface area contributed by atoms with Gasteiger partial charge < -0.3 is 42.4 Å².